The smallest absolute Gasteiger partial charge is 0.242 e. The molecule has 0 aliphatic rings. The van der Waals surface area contributed by atoms with Gasteiger partial charge in [-0.3, -0.25) is 4.79 Å². The Hall–Kier alpha value is -3.85. The summed E-state index contributed by atoms with van der Waals surface area (Å²) in [6, 6.07) is 22.7. The minimum Gasteiger partial charge on any atom is -0.494 e. The van der Waals surface area contributed by atoms with Crippen LogP contribution >= 0.6 is 11.8 Å². The van der Waals surface area contributed by atoms with Gasteiger partial charge in [0, 0.05) is 0 Å². The normalized spacial score (nSPS) is 11.6. The fraction of sp³-hybridized carbons (Fsp3) is 0.200. The van der Waals surface area contributed by atoms with Gasteiger partial charge in [-0.15, -0.1) is 5.10 Å². The fourth-order valence-electron chi connectivity index (χ4n) is 3.42. The Morgan fingerprint density at radius 1 is 1.06 bits per heavy atom. The molecule has 4 aromatic rings. The predicted octanol–water partition coefficient (Wildman–Crippen LogP) is 4.85. The third kappa shape index (κ3) is 5.20. The second-order valence-corrected chi connectivity index (χ2v) is 8.45. The van der Waals surface area contributed by atoms with E-state index in [1.54, 1.807) is 11.8 Å². The number of hydrogen-bond acceptors (Lipinski definition) is 7. The zero-order valence-electron chi connectivity index (χ0n) is 19.1. The van der Waals surface area contributed by atoms with Crippen molar-refractivity contribution < 1.29 is 14.3 Å². The molecule has 1 aromatic heterocycles. The summed E-state index contributed by atoms with van der Waals surface area (Å²) in [7, 11) is 1.60. The van der Waals surface area contributed by atoms with Crippen molar-refractivity contribution in [2.45, 2.75) is 24.3 Å². The van der Waals surface area contributed by atoms with E-state index in [1.165, 1.54) is 11.8 Å². The van der Waals surface area contributed by atoms with Crippen molar-refractivity contribution in [2.75, 3.05) is 19.0 Å². The summed E-state index contributed by atoms with van der Waals surface area (Å²) in [5, 5.41) is 15.1. The van der Waals surface area contributed by atoms with E-state index >= 15 is 0 Å². The first-order chi connectivity index (χ1) is 16.6. The molecular formula is C25H25N5O3S. The highest BCUT2D eigenvalue weighted by Crippen LogP contribution is 2.37. The Balaban J connectivity index is 1.68. The van der Waals surface area contributed by atoms with E-state index in [-0.39, 0.29) is 5.91 Å². The minimum absolute atomic E-state index is 0.214. The van der Waals surface area contributed by atoms with E-state index in [1.807, 2.05) is 86.6 Å². The number of hydrogen-bond donors (Lipinski definition) is 1. The zero-order valence-corrected chi connectivity index (χ0v) is 20.0. The molecule has 0 aliphatic heterocycles. The van der Waals surface area contributed by atoms with Gasteiger partial charge in [0.15, 0.2) is 0 Å². The molecule has 1 heterocycles. The summed E-state index contributed by atoms with van der Waals surface area (Å²) in [4.78, 5) is 13.5. The van der Waals surface area contributed by atoms with Gasteiger partial charge in [0.05, 0.1) is 19.4 Å². The number of anilines is 1. The van der Waals surface area contributed by atoms with Crippen LogP contribution in [0.15, 0.2) is 78.0 Å². The Bertz CT molecular complexity index is 1260. The maximum absolute atomic E-state index is 13.5. The largest absolute Gasteiger partial charge is 0.494 e. The quantitative estimate of drug-likeness (QED) is 0.346. The number of carbonyl (C=O) groups is 1. The van der Waals surface area contributed by atoms with Crippen LogP contribution in [-0.4, -0.2) is 39.8 Å². The van der Waals surface area contributed by atoms with Gasteiger partial charge in [0.25, 0.3) is 0 Å². The number of aromatic nitrogens is 4. The van der Waals surface area contributed by atoms with Crippen LogP contribution in [0.1, 0.15) is 23.3 Å². The second-order valence-electron chi connectivity index (χ2n) is 7.38. The van der Waals surface area contributed by atoms with Gasteiger partial charge in [0.1, 0.15) is 22.4 Å². The van der Waals surface area contributed by atoms with E-state index in [4.69, 9.17) is 9.47 Å². The van der Waals surface area contributed by atoms with Gasteiger partial charge >= 0.3 is 0 Å². The zero-order chi connectivity index (χ0) is 23.9. The van der Waals surface area contributed by atoms with E-state index in [9.17, 15) is 4.79 Å². The molecule has 0 aliphatic carbocycles. The molecule has 0 bridgehead atoms. The monoisotopic (exact) mass is 475 g/mol. The van der Waals surface area contributed by atoms with Crippen LogP contribution in [0, 0.1) is 6.92 Å². The SMILES string of the molecule is CCOc1ccccc1NC(=O)[C@@H](Sc1nnnn1-c1cc(C)ccc1OC)c1ccccc1. The lowest BCUT2D eigenvalue weighted by atomic mass is 10.1. The van der Waals surface area contributed by atoms with Gasteiger partial charge in [-0.2, -0.15) is 4.68 Å². The third-order valence-corrected chi connectivity index (χ3v) is 6.20. The summed E-state index contributed by atoms with van der Waals surface area (Å²) in [6.45, 7) is 4.38. The summed E-state index contributed by atoms with van der Waals surface area (Å²) in [5.41, 5.74) is 3.16. The molecule has 9 heteroatoms. The van der Waals surface area contributed by atoms with Crippen molar-refractivity contribution in [2.24, 2.45) is 0 Å². The maximum atomic E-state index is 13.5. The lowest BCUT2D eigenvalue weighted by Crippen LogP contribution is -2.20. The van der Waals surface area contributed by atoms with Crippen LogP contribution in [-0.2, 0) is 4.79 Å². The first-order valence-corrected chi connectivity index (χ1v) is 11.7. The van der Waals surface area contributed by atoms with Crippen LogP contribution in [0.5, 0.6) is 11.5 Å². The number of methoxy groups -OCH3 is 1. The molecular weight excluding hydrogens is 450 g/mol. The first-order valence-electron chi connectivity index (χ1n) is 10.8. The maximum Gasteiger partial charge on any atom is 0.242 e. The Labute approximate surface area is 202 Å². The number of amides is 1. The average Bonchev–Trinajstić information content (AvgIpc) is 3.32. The van der Waals surface area contributed by atoms with E-state index in [0.29, 0.717) is 34.6 Å². The Morgan fingerprint density at radius 3 is 2.59 bits per heavy atom. The Morgan fingerprint density at radius 2 is 1.82 bits per heavy atom. The molecule has 4 rings (SSSR count). The van der Waals surface area contributed by atoms with Gasteiger partial charge in [-0.05, 0) is 59.7 Å². The molecule has 0 spiro atoms. The number of aryl methyl sites for hydroxylation is 1. The highest BCUT2D eigenvalue weighted by Gasteiger charge is 2.27. The van der Waals surface area contributed by atoms with E-state index in [2.05, 4.69) is 20.8 Å². The summed E-state index contributed by atoms with van der Waals surface area (Å²) in [5.74, 6) is 1.03. The van der Waals surface area contributed by atoms with E-state index < -0.39 is 5.25 Å². The number of rotatable bonds is 9. The number of ether oxygens (including phenoxy) is 2. The van der Waals surface area contributed by atoms with Crippen LogP contribution in [0.25, 0.3) is 5.69 Å². The number of nitrogens with one attached hydrogen (secondary N) is 1. The fourth-order valence-corrected chi connectivity index (χ4v) is 4.41. The van der Waals surface area contributed by atoms with Crippen molar-refractivity contribution in [1.29, 1.82) is 0 Å². The van der Waals surface area contributed by atoms with Gasteiger partial charge in [0.2, 0.25) is 11.1 Å². The summed E-state index contributed by atoms with van der Waals surface area (Å²) < 4.78 is 12.8. The molecule has 1 amide bonds. The number of carbonyl (C=O) groups excluding carboxylic acids is 1. The molecule has 0 radical (unpaired) electrons. The van der Waals surface area contributed by atoms with E-state index in [0.717, 1.165) is 11.1 Å². The van der Waals surface area contributed by atoms with Gasteiger partial charge < -0.3 is 14.8 Å². The third-order valence-electron chi connectivity index (χ3n) is 5.01. The van der Waals surface area contributed by atoms with Crippen LogP contribution in [0.3, 0.4) is 0 Å². The molecule has 1 atom stereocenters. The summed E-state index contributed by atoms with van der Waals surface area (Å²) in [6.07, 6.45) is 0. The highest BCUT2D eigenvalue weighted by molar-refractivity contribution is 8.00. The molecule has 174 valence electrons. The lowest BCUT2D eigenvalue weighted by Gasteiger charge is -2.18. The highest BCUT2D eigenvalue weighted by atomic mass is 32.2. The van der Waals surface area contributed by atoms with Gasteiger partial charge in [-0.1, -0.05) is 60.3 Å². The predicted molar refractivity (Wildman–Crippen MR) is 132 cm³/mol. The van der Waals surface area contributed by atoms with Crippen molar-refractivity contribution in [3.05, 3.63) is 83.9 Å². The molecule has 0 unspecified atom stereocenters. The lowest BCUT2D eigenvalue weighted by molar-refractivity contribution is -0.115. The molecule has 8 nitrogen and oxygen atoms in total. The molecule has 0 fully saturated rings. The van der Waals surface area contributed by atoms with Crippen LogP contribution in [0.4, 0.5) is 5.69 Å². The van der Waals surface area contributed by atoms with Crippen molar-refractivity contribution in [3.63, 3.8) is 0 Å². The minimum atomic E-state index is -0.614. The molecule has 0 saturated heterocycles. The molecule has 0 saturated carbocycles. The topological polar surface area (TPSA) is 91.2 Å². The van der Waals surface area contributed by atoms with Crippen molar-refractivity contribution >= 4 is 23.4 Å². The number of para-hydroxylation sites is 2. The molecule has 3 aromatic carbocycles. The van der Waals surface area contributed by atoms with Crippen LogP contribution < -0.4 is 14.8 Å². The standard InChI is InChI=1S/C25H25N5O3S/c1-4-33-21-13-9-8-12-19(21)26-24(31)23(18-10-6-5-7-11-18)34-25-27-28-29-30(25)20-16-17(2)14-15-22(20)32-3/h5-16,23H,4H2,1-3H3,(H,26,31)/t23-/m0/s1. The molecule has 34 heavy (non-hydrogen) atoms. The Kier molecular flexibility index (Phi) is 7.44. The summed E-state index contributed by atoms with van der Waals surface area (Å²) >= 11 is 1.26. The number of nitrogens with zero attached hydrogens (tertiary/aromatic N) is 4. The van der Waals surface area contributed by atoms with Crippen LogP contribution in [0.2, 0.25) is 0 Å². The number of tetrazole rings is 1. The number of benzene rings is 3. The average molecular weight is 476 g/mol. The molecule has 1 N–H and O–H groups in total. The number of thioether (sulfide) groups is 1. The van der Waals surface area contributed by atoms with Crippen molar-refractivity contribution in [1.82, 2.24) is 20.2 Å². The van der Waals surface area contributed by atoms with Crippen molar-refractivity contribution in [3.8, 4) is 17.2 Å². The van der Waals surface area contributed by atoms with Gasteiger partial charge in [-0.25, -0.2) is 0 Å². The first kappa shape index (κ1) is 23.3. The second kappa shape index (κ2) is 10.8.